The maximum atomic E-state index is 4.37. The van der Waals surface area contributed by atoms with Gasteiger partial charge in [0.25, 0.3) is 0 Å². The lowest BCUT2D eigenvalue weighted by atomic mass is 9.76. The minimum absolute atomic E-state index is 0.703. The third kappa shape index (κ3) is 2.07. The fraction of sp³-hybridized carbons (Fsp3) is 0.500. The maximum Gasteiger partial charge on any atom is 0.0664 e. The molecule has 0 bridgehead atoms. The fourth-order valence-corrected chi connectivity index (χ4v) is 3.84. The first kappa shape index (κ1) is 13.4. The van der Waals surface area contributed by atoms with Gasteiger partial charge in [-0.2, -0.15) is 5.10 Å². The quantitative estimate of drug-likeness (QED) is 0.794. The van der Waals surface area contributed by atoms with Gasteiger partial charge in [0.2, 0.25) is 0 Å². The molecule has 1 aromatic carbocycles. The molecule has 1 unspecified atom stereocenters. The summed E-state index contributed by atoms with van der Waals surface area (Å²) >= 11 is 0. The van der Waals surface area contributed by atoms with Crippen molar-refractivity contribution in [1.29, 1.82) is 0 Å². The van der Waals surface area contributed by atoms with Gasteiger partial charge in [-0.3, -0.25) is 4.68 Å². The van der Waals surface area contributed by atoms with E-state index in [1.54, 1.807) is 11.1 Å². The van der Waals surface area contributed by atoms with Gasteiger partial charge >= 0.3 is 0 Å². The van der Waals surface area contributed by atoms with E-state index in [-0.39, 0.29) is 0 Å². The standard InChI is InChI=1S/C18H24N2/c1-12-7-5-8-16-13(2)14(3)17(15(4)18(12)16)11-20-10-6-9-19-20/h6,9-10,12H,5,7-8,11H2,1-4H3. The van der Waals surface area contributed by atoms with E-state index < -0.39 is 0 Å². The lowest BCUT2D eigenvalue weighted by Crippen LogP contribution is -2.16. The van der Waals surface area contributed by atoms with E-state index in [1.807, 2.05) is 16.9 Å². The minimum atomic E-state index is 0.703. The molecule has 1 heterocycles. The summed E-state index contributed by atoms with van der Waals surface area (Å²) in [4.78, 5) is 0. The molecule has 0 saturated carbocycles. The number of fused-ring (bicyclic) bond motifs is 1. The summed E-state index contributed by atoms with van der Waals surface area (Å²) < 4.78 is 2.04. The van der Waals surface area contributed by atoms with Crippen molar-refractivity contribution in [2.75, 3.05) is 0 Å². The number of rotatable bonds is 2. The smallest absolute Gasteiger partial charge is 0.0664 e. The van der Waals surface area contributed by atoms with Crippen LogP contribution >= 0.6 is 0 Å². The maximum absolute atomic E-state index is 4.37. The SMILES string of the molecule is Cc1c(C)c2c(c(C)c1Cn1cccn1)C(C)CCC2. The molecule has 2 aromatic rings. The van der Waals surface area contributed by atoms with Crippen molar-refractivity contribution >= 4 is 0 Å². The number of hydrogen-bond acceptors (Lipinski definition) is 1. The zero-order valence-corrected chi connectivity index (χ0v) is 13.0. The van der Waals surface area contributed by atoms with Gasteiger partial charge in [0, 0.05) is 12.4 Å². The molecule has 0 fully saturated rings. The molecular weight excluding hydrogens is 244 g/mol. The Hall–Kier alpha value is -1.57. The summed E-state index contributed by atoms with van der Waals surface area (Å²) in [6.45, 7) is 10.2. The lowest BCUT2D eigenvalue weighted by molar-refractivity contribution is 0.580. The molecule has 2 nitrogen and oxygen atoms in total. The Labute approximate surface area is 121 Å². The number of nitrogens with zero attached hydrogens (tertiary/aromatic N) is 2. The normalized spacial score (nSPS) is 18.1. The molecule has 3 rings (SSSR count). The van der Waals surface area contributed by atoms with Crippen LogP contribution in [0.3, 0.4) is 0 Å². The van der Waals surface area contributed by atoms with Crippen molar-refractivity contribution in [3.63, 3.8) is 0 Å². The second-order valence-electron chi connectivity index (χ2n) is 6.24. The summed E-state index contributed by atoms with van der Waals surface area (Å²) in [6.07, 6.45) is 7.84. The van der Waals surface area contributed by atoms with Crippen LogP contribution in [0.15, 0.2) is 18.5 Å². The van der Waals surface area contributed by atoms with Crippen LogP contribution in [0.1, 0.15) is 59.1 Å². The molecule has 0 aliphatic heterocycles. The Bertz CT molecular complexity index is 624. The van der Waals surface area contributed by atoms with E-state index >= 15 is 0 Å². The molecule has 106 valence electrons. The molecule has 1 aliphatic carbocycles. The predicted octanol–water partition coefficient (Wildman–Crippen LogP) is 4.30. The zero-order chi connectivity index (χ0) is 14.3. The van der Waals surface area contributed by atoms with E-state index in [0.29, 0.717) is 5.92 Å². The molecule has 20 heavy (non-hydrogen) atoms. The Morgan fingerprint density at radius 1 is 1.20 bits per heavy atom. The van der Waals surface area contributed by atoms with Crippen molar-refractivity contribution in [3.05, 3.63) is 51.8 Å². The summed E-state index contributed by atoms with van der Waals surface area (Å²) in [5.41, 5.74) is 9.21. The average Bonchev–Trinajstić information content (AvgIpc) is 2.94. The monoisotopic (exact) mass is 268 g/mol. The van der Waals surface area contributed by atoms with E-state index in [0.717, 1.165) is 6.54 Å². The van der Waals surface area contributed by atoms with Gasteiger partial charge in [-0.05, 0) is 85.4 Å². The molecule has 0 N–H and O–H groups in total. The highest BCUT2D eigenvalue weighted by atomic mass is 15.3. The third-order valence-corrected chi connectivity index (χ3v) is 5.09. The van der Waals surface area contributed by atoms with Crippen molar-refractivity contribution < 1.29 is 0 Å². The van der Waals surface area contributed by atoms with E-state index in [2.05, 4.69) is 39.0 Å². The van der Waals surface area contributed by atoms with E-state index in [4.69, 9.17) is 0 Å². The molecule has 0 spiro atoms. The van der Waals surface area contributed by atoms with Crippen molar-refractivity contribution in [1.82, 2.24) is 9.78 Å². The first-order valence-electron chi connectivity index (χ1n) is 7.68. The largest absolute Gasteiger partial charge is 0.268 e. The summed E-state index contributed by atoms with van der Waals surface area (Å²) in [5.74, 6) is 0.703. The van der Waals surface area contributed by atoms with Crippen molar-refractivity contribution in [3.8, 4) is 0 Å². The van der Waals surface area contributed by atoms with Crippen LogP contribution in [0.4, 0.5) is 0 Å². The number of benzene rings is 1. The summed E-state index contributed by atoms with van der Waals surface area (Å²) in [5, 5.41) is 4.37. The summed E-state index contributed by atoms with van der Waals surface area (Å²) in [6, 6.07) is 2.00. The molecule has 0 amide bonds. The number of hydrogen-bond donors (Lipinski definition) is 0. The van der Waals surface area contributed by atoms with Gasteiger partial charge < -0.3 is 0 Å². The fourth-order valence-electron chi connectivity index (χ4n) is 3.84. The van der Waals surface area contributed by atoms with Crippen LogP contribution in [0.5, 0.6) is 0 Å². The first-order chi connectivity index (χ1) is 9.59. The molecule has 1 atom stereocenters. The predicted molar refractivity (Wildman–Crippen MR) is 83.3 cm³/mol. The number of aromatic nitrogens is 2. The van der Waals surface area contributed by atoms with Gasteiger partial charge in [0.15, 0.2) is 0 Å². The van der Waals surface area contributed by atoms with Crippen molar-refractivity contribution in [2.45, 2.75) is 59.4 Å². The third-order valence-electron chi connectivity index (χ3n) is 5.09. The van der Waals surface area contributed by atoms with Gasteiger partial charge in [0.1, 0.15) is 0 Å². The zero-order valence-electron chi connectivity index (χ0n) is 13.0. The minimum Gasteiger partial charge on any atom is -0.268 e. The van der Waals surface area contributed by atoms with Crippen LogP contribution in [0.2, 0.25) is 0 Å². The van der Waals surface area contributed by atoms with E-state index in [9.17, 15) is 0 Å². The highest BCUT2D eigenvalue weighted by molar-refractivity contribution is 5.52. The molecule has 0 radical (unpaired) electrons. The summed E-state index contributed by atoms with van der Waals surface area (Å²) in [7, 11) is 0. The second-order valence-corrected chi connectivity index (χ2v) is 6.24. The van der Waals surface area contributed by atoms with Crippen LogP contribution in [-0.4, -0.2) is 9.78 Å². The molecule has 1 aromatic heterocycles. The van der Waals surface area contributed by atoms with Gasteiger partial charge in [0.05, 0.1) is 6.54 Å². The molecule has 1 aliphatic rings. The molecule has 0 saturated heterocycles. The average molecular weight is 268 g/mol. The van der Waals surface area contributed by atoms with Gasteiger partial charge in [-0.25, -0.2) is 0 Å². The Balaban J connectivity index is 2.15. The Kier molecular flexibility index (Phi) is 3.41. The highest BCUT2D eigenvalue weighted by Crippen LogP contribution is 2.38. The molecular formula is C18H24N2. The van der Waals surface area contributed by atoms with Crippen molar-refractivity contribution in [2.24, 2.45) is 0 Å². The second kappa shape index (κ2) is 5.08. The van der Waals surface area contributed by atoms with Crippen LogP contribution in [0, 0.1) is 20.8 Å². The Morgan fingerprint density at radius 3 is 2.70 bits per heavy atom. The van der Waals surface area contributed by atoms with Crippen LogP contribution in [0.25, 0.3) is 0 Å². The van der Waals surface area contributed by atoms with Gasteiger partial charge in [-0.15, -0.1) is 0 Å². The van der Waals surface area contributed by atoms with Crippen LogP contribution < -0.4 is 0 Å². The molecule has 2 heteroatoms. The van der Waals surface area contributed by atoms with Crippen LogP contribution in [-0.2, 0) is 13.0 Å². The Morgan fingerprint density at radius 2 is 2.00 bits per heavy atom. The topological polar surface area (TPSA) is 17.8 Å². The van der Waals surface area contributed by atoms with E-state index in [1.165, 1.54) is 41.5 Å². The highest BCUT2D eigenvalue weighted by Gasteiger charge is 2.24. The van der Waals surface area contributed by atoms with Gasteiger partial charge in [-0.1, -0.05) is 6.92 Å². The lowest BCUT2D eigenvalue weighted by Gasteiger charge is -2.29. The first-order valence-corrected chi connectivity index (χ1v) is 7.68.